The van der Waals surface area contributed by atoms with Gasteiger partial charge in [-0.05, 0) is 18.8 Å². The van der Waals surface area contributed by atoms with Gasteiger partial charge in [0, 0.05) is 12.8 Å². The van der Waals surface area contributed by atoms with Crippen molar-refractivity contribution < 1.29 is 8.42 Å². The average molecular weight is 200 g/mol. The van der Waals surface area contributed by atoms with Gasteiger partial charge in [-0.3, -0.25) is 0 Å². The van der Waals surface area contributed by atoms with Crippen LogP contribution in [-0.4, -0.2) is 26.5 Å². The lowest BCUT2D eigenvalue weighted by atomic mass is 10.3. The quantitative estimate of drug-likeness (QED) is 0.706. The molecule has 1 atom stereocenters. The van der Waals surface area contributed by atoms with Crippen LogP contribution < -0.4 is 5.73 Å². The molecule has 1 fully saturated rings. The zero-order valence-electron chi connectivity index (χ0n) is 6.49. The SMILES string of the molecule is CS(=O)(=O)C(CN)C1CC1.Cl. The van der Waals surface area contributed by atoms with Crippen LogP contribution >= 0.6 is 12.4 Å². The minimum absolute atomic E-state index is 0. The van der Waals surface area contributed by atoms with Crippen LogP contribution in [-0.2, 0) is 9.84 Å². The molecule has 1 unspecified atom stereocenters. The molecule has 0 heterocycles. The number of sulfone groups is 1. The summed E-state index contributed by atoms with van der Waals surface area (Å²) in [5, 5.41) is -0.271. The summed E-state index contributed by atoms with van der Waals surface area (Å²) in [6.07, 6.45) is 3.34. The topological polar surface area (TPSA) is 60.2 Å². The van der Waals surface area contributed by atoms with Crippen LogP contribution in [0.15, 0.2) is 0 Å². The first-order chi connectivity index (χ1) is 4.55. The van der Waals surface area contributed by atoms with E-state index >= 15 is 0 Å². The predicted molar refractivity (Wildman–Crippen MR) is 47.7 cm³/mol. The molecule has 11 heavy (non-hydrogen) atoms. The maximum Gasteiger partial charge on any atom is 0.151 e. The Morgan fingerprint density at radius 2 is 2.00 bits per heavy atom. The number of rotatable bonds is 3. The predicted octanol–water partition coefficient (Wildman–Crippen LogP) is 0.190. The highest BCUT2D eigenvalue weighted by Crippen LogP contribution is 2.35. The standard InChI is InChI=1S/C6H13NO2S.ClH/c1-10(8,9)6(4-7)5-2-3-5;/h5-6H,2-4,7H2,1H3;1H. The van der Waals surface area contributed by atoms with Gasteiger partial charge in [0.1, 0.15) is 0 Å². The monoisotopic (exact) mass is 199 g/mol. The van der Waals surface area contributed by atoms with Gasteiger partial charge in [-0.25, -0.2) is 8.42 Å². The summed E-state index contributed by atoms with van der Waals surface area (Å²) in [6.45, 7) is 0.281. The summed E-state index contributed by atoms with van der Waals surface area (Å²) in [5.41, 5.74) is 5.32. The van der Waals surface area contributed by atoms with Crippen LogP contribution in [0.2, 0.25) is 0 Å². The normalized spacial score (nSPS) is 20.5. The molecule has 1 rings (SSSR count). The van der Waals surface area contributed by atoms with Gasteiger partial charge in [0.2, 0.25) is 0 Å². The van der Waals surface area contributed by atoms with Crippen LogP contribution in [0.4, 0.5) is 0 Å². The van der Waals surface area contributed by atoms with Gasteiger partial charge in [0.05, 0.1) is 5.25 Å². The lowest BCUT2D eigenvalue weighted by molar-refractivity contribution is 0.573. The molecule has 0 amide bonds. The smallest absolute Gasteiger partial charge is 0.151 e. The largest absolute Gasteiger partial charge is 0.329 e. The van der Waals surface area contributed by atoms with E-state index in [0.29, 0.717) is 5.92 Å². The van der Waals surface area contributed by atoms with E-state index in [2.05, 4.69) is 0 Å². The molecule has 0 aromatic rings. The minimum atomic E-state index is -2.88. The van der Waals surface area contributed by atoms with E-state index in [1.54, 1.807) is 0 Å². The fourth-order valence-electron chi connectivity index (χ4n) is 1.18. The molecular weight excluding hydrogens is 186 g/mol. The number of halogens is 1. The second kappa shape index (κ2) is 3.74. The summed E-state index contributed by atoms with van der Waals surface area (Å²) in [4.78, 5) is 0. The van der Waals surface area contributed by atoms with E-state index in [9.17, 15) is 8.42 Å². The van der Waals surface area contributed by atoms with Crippen molar-refractivity contribution in [1.82, 2.24) is 0 Å². The van der Waals surface area contributed by atoms with Crippen molar-refractivity contribution >= 4 is 22.2 Å². The van der Waals surface area contributed by atoms with E-state index in [-0.39, 0.29) is 24.2 Å². The van der Waals surface area contributed by atoms with Crippen LogP contribution in [0.3, 0.4) is 0 Å². The fourth-order valence-corrected chi connectivity index (χ4v) is 2.51. The molecule has 5 heteroatoms. The summed E-state index contributed by atoms with van der Waals surface area (Å²) in [7, 11) is -2.88. The molecule has 2 N–H and O–H groups in total. The Balaban J connectivity index is 0.000001000. The Labute approximate surface area is 73.7 Å². The van der Waals surface area contributed by atoms with Crippen molar-refractivity contribution in [2.75, 3.05) is 12.8 Å². The van der Waals surface area contributed by atoms with E-state index in [1.165, 1.54) is 6.26 Å². The average Bonchev–Trinajstić information content (AvgIpc) is 2.46. The van der Waals surface area contributed by atoms with Crippen LogP contribution in [0.25, 0.3) is 0 Å². The molecule has 0 aromatic carbocycles. The zero-order chi connectivity index (χ0) is 7.78. The second-order valence-electron chi connectivity index (χ2n) is 2.94. The third-order valence-corrected chi connectivity index (χ3v) is 3.61. The van der Waals surface area contributed by atoms with Gasteiger partial charge < -0.3 is 5.73 Å². The Kier molecular flexibility index (Phi) is 3.80. The van der Waals surface area contributed by atoms with Crippen molar-refractivity contribution in [3.63, 3.8) is 0 Å². The molecule has 0 aromatic heterocycles. The number of hydrogen-bond donors (Lipinski definition) is 1. The molecule has 1 aliphatic carbocycles. The third kappa shape index (κ3) is 2.97. The van der Waals surface area contributed by atoms with Crippen LogP contribution in [0.1, 0.15) is 12.8 Å². The van der Waals surface area contributed by atoms with Crippen molar-refractivity contribution in [3.05, 3.63) is 0 Å². The molecule has 0 saturated heterocycles. The van der Waals surface area contributed by atoms with Gasteiger partial charge in [0.15, 0.2) is 9.84 Å². The maximum atomic E-state index is 11.0. The lowest BCUT2D eigenvalue weighted by Gasteiger charge is -2.09. The second-order valence-corrected chi connectivity index (χ2v) is 5.21. The van der Waals surface area contributed by atoms with Gasteiger partial charge in [-0.1, -0.05) is 0 Å². The molecule has 1 aliphatic rings. The first kappa shape index (κ1) is 11.2. The van der Waals surface area contributed by atoms with Gasteiger partial charge in [-0.15, -0.1) is 12.4 Å². The Hall–Kier alpha value is 0.200. The highest BCUT2D eigenvalue weighted by atomic mass is 35.5. The molecule has 68 valence electrons. The third-order valence-electron chi connectivity index (χ3n) is 1.93. The van der Waals surface area contributed by atoms with Crippen molar-refractivity contribution in [2.24, 2.45) is 11.7 Å². The van der Waals surface area contributed by atoms with E-state index in [4.69, 9.17) is 5.73 Å². The minimum Gasteiger partial charge on any atom is -0.329 e. The fraction of sp³-hybridized carbons (Fsp3) is 1.00. The van der Waals surface area contributed by atoms with Crippen molar-refractivity contribution in [2.45, 2.75) is 18.1 Å². The van der Waals surface area contributed by atoms with Gasteiger partial charge in [-0.2, -0.15) is 0 Å². The Bertz CT molecular complexity index is 211. The van der Waals surface area contributed by atoms with E-state index < -0.39 is 9.84 Å². The Morgan fingerprint density at radius 1 is 1.55 bits per heavy atom. The van der Waals surface area contributed by atoms with Crippen molar-refractivity contribution in [3.8, 4) is 0 Å². The van der Waals surface area contributed by atoms with Crippen LogP contribution in [0.5, 0.6) is 0 Å². The first-order valence-electron chi connectivity index (χ1n) is 3.44. The van der Waals surface area contributed by atoms with Crippen molar-refractivity contribution in [1.29, 1.82) is 0 Å². The Morgan fingerprint density at radius 3 is 2.09 bits per heavy atom. The molecule has 0 bridgehead atoms. The summed E-state index contributed by atoms with van der Waals surface area (Å²) < 4.78 is 21.9. The summed E-state index contributed by atoms with van der Waals surface area (Å²) >= 11 is 0. The zero-order valence-corrected chi connectivity index (χ0v) is 8.12. The number of hydrogen-bond acceptors (Lipinski definition) is 3. The highest BCUT2D eigenvalue weighted by molar-refractivity contribution is 7.91. The molecule has 1 saturated carbocycles. The molecule has 3 nitrogen and oxygen atoms in total. The summed E-state index contributed by atoms with van der Waals surface area (Å²) in [6, 6.07) is 0. The maximum absolute atomic E-state index is 11.0. The highest BCUT2D eigenvalue weighted by Gasteiger charge is 2.36. The van der Waals surface area contributed by atoms with E-state index in [0.717, 1.165) is 12.8 Å². The van der Waals surface area contributed by atoms with E-state index in [1.807, 2.05) is 0 Å². The van der Waals surface area contributed by atoms with Crippen LogP contribution in [0, 0.1) is 5.92 Å². The molecule has 0 radical (unpaired) electrons. The van der Waals surface area contributed by atoms with Gasteiger partial charge >= 0.3 is 0 Å². The first-order valence-corrected chi connectivity index (χ1v) is 5.40. The molecular formula is C6H14ClNO2S. The lowest BCUT2D eigenvalue weighted by Crippen LogP contribution is -2.30. The summed E-state index contributed by atoms with van der Waals surface area (Å²) in [5.74, 6) is 0.361. The van der Waals surface area contributed by atoms with Gasteiger partial charge in [0.25, 0.3) is 0 Å². The molecule has 0 aliphatic heterocycles. The number of nitrogens with two attached hydrogens (primary N) is 1. The molecule has 0 spiro atoms.